The molecule has 3 N–H and O–H groups in total. The molecule has 1 aliphatic carbocycles. The van der Waals surface area contributed by atoms with Crippen LogP contribution in [0.2, 0.25) is 0 Å². The Morgan fingerprint density at radius 3 is 2.84 bits per heavy atom. The Morgan fingerprint density at radius 1 is 1.32 bits per heavy atom. The molecule has 2 fully saturated rings. The second-order valence-corrected chi connectivity index (χ2v) is 6.30. The van der Waals surface area contributed by atoms with E-state index < -0.39 is 0 Å². The number of amides is 1. The molecule has 3 unspecified atom stereocenters. The molecule has 0 aromatic carbocycles. The van der Waals surface area contributed by atoms with E-state index in [0.717, 1.165) is 44.8 Å². The van der Waals surface area contributed by atoms with Gasteiger partial charge in [-0.05, 0) is 52.0 Å². The summed E-state index contributed by atoms with van der Waals surface area (Å²) >= 11 is 0. The topological polar surface area (TPSA) is 58.4 Å². The molecule has 2 rings (SSSR count). The molecule has 0 bridgehead atoms. The van der Waals surface area contributed by atoms with Crippen molar-refractivity contribution in [2.45, 2.75) is 64.0 Å². The summed E-state index contributed by atoms with van der Waals surface area (Å²) in [7, 11) is 0. The molecule has 110 valence electrons. The van der Waals surface area contributed by atoms with E-state index in [1.165, 1.54) is 25.8 Å². The molecule has 0 radical (unpaired) electrons. The molecule has 2 aliphatic rings. The third-order valence-electron chi connectivity index (χ3n) is 4.71. The molecule has 19 heavy (non-hydrogen) atoms. The maximum absolute atomic E-state index is 11.9. The van der Waals surface area contributed by atoms with Crippen molar-refractivity contribution in [2.24, 2.45) is 11.7 Å². The first-order chi connectivity index (χ1) is 9.16. The zero-order valence-electron chi connectivity index (χ0n) is 12.2. The lowest BCUT2D eigenvalue weighted by Crippen LogP contribution is -2.39. The number of nitrogens with two attached hydrogens (primary N) is 1. The van der Waals surface area contributed by atoms with Gasteiger partial charge in [-0.1, -0.05) is 6.42 Å². The number of carbonyl (C=O) groups excluding carboxylic acids is 1. The van der Waals surface area contributed by atoms with Gasteiger partial charge in [-0.3, -0.25) is 4.79 Å². The Balaban J connectivity index is 1.57. The summed E-state index contributed by atoms with van der Waals surface area (Å²) in [5, 5.41) is 3.08. The highest BCUT2D eigenvalue weighted by Crippen LogP contribution is 2.24. The minimum absolute atomic E-state index is 0.170. The first-order valence-corrected chi connectivity index (χ1v) is 7.94. The summed E-state index contributed by atoms with van der Waals surface area (Å²) in [5.74, 6) is 0.392. The Kier molecular flexibility index (Phi) is 5.64. The van der Waals surface area contributed by atoms with E-state index in [1.54, 1.807) is 0 Å². The zero-order chi connectivity index (χ0) is 13.7. The highest BCUT2D eigenvalue weighted by atomic mass is 16.1. The molecule has 0 aromatic rings. The van der Waals surface area contributed by atoms with Gasteiger partial charge in [0, 0.05) is 31.1 Å². The molecule has 1 aliphatic heterocycles. The number of likely N-dealkylation sites (tertiary alicyclic amines) is 1. The van der Waals surface area contributed by atoms with Gasteiger partial charge < -0.3 is 16.0 Å². The zero-order valence-corrected chi connectivity index (χ0v) is 12.2. The van der Waals surface area contributed by atoms with Crippen LogP contribution in [0.25, 0.3) is 0 Å². The summed E-state index contributed by atoms with van der Waals surface area (Å²) < 4.78 is 0. The first kappa shape index (κ1) is 14.8. The standard InChI is InChI=1S/C15H29N3O/c1-12-5-2-3-9-18(12)10-4-8-17-15(19)13-6-7-14(16)11-13/h12-14H,2-11,16H2,1H3,(H,17,19). The van der Waals surface area contributed by atoms with Crippen molar-refractivity contribution in [3.63, 3.8) is 0 Å². The molecule has 1 amide bonds. The predicted molar refractivity (Wildman–Crippen MR) is 77.8 cm³/mol. The predicted octanol–water partition coefficient (Wildman–Crippen LogP) is 1.49. The van der Waals surface area contributed by atoms with Crippen LogP contribution in [0.3, 0.4) is 0 Å². The van der Waals surface area contributed by atoms with Gasteiger partial charge in [0.05, 0.1) is 0 Å². The van der Waals surface area contributed by atoms with Crippen molar-refractivity contribution in [1.82, 2.24) is 10.2 Å². The average Bonchev–Trinajstić information content (AvgIpc) is 2.83. The molecular formula is C15H29N3O. The van der Waals surface area contributed by atoms with Gasteiger partial charge in [-0.2, -0.15) is 0 Å². The van der Waals surface area contributed by atoms with Gasteiger partial charge in [0.25, 0.3) is 0 Å². The Hall–Kier alpha value is -0.610. The van der Waals surface area contributed by atoms with Crippen LogP contribution in [-0.4, -0.2) is 42.5 Å². The number of hydrogen-bond donors (Lipinski definition) is 2. The monoisotopic (exact) mass is 267 g/mol. The first-order valence-electron chi connectivity index (χ1n) is 7.94. The molecule has 4 heteroatoms. The number of nitrogens with one attached hydrogen (secondary N) is 1. The molecule has 1 heterocycles. The van der Waals surface area contributed by atoms with Crippen molar-refractivity contribution in [3.8, 4) is 0 Å². The van der Waals surface area contributed by atoms with Crippen molar-refractivity contribution < 1.29 is 4.79 Å². The van der Waals surface area contributed by atoms with Crippen molar-refractivity contribution in [2.75, 3.05) is 19.6 Å². The highest BCUT2D eigenvalue weighted by Gasteiger charge is 2.27. The number of piperidine rings is 1. The minimum Gasteiger partial charge on any atom is -0.356 e. The van der Waals surface area contributed by atoms with Crippen molar-refractivity contribution in [3.05, 3.63) is 0 Å². The van der Waals surface area contributed by atoms with Gasteiger partial charge in [-0.15, -0.1) is 0 Å². The fourth-order valence-corrected chi connectivity index (χ4v) is 3.38. The van der Waals surface area contributed by atoms with Crippen LogP contribution in [-0.2, 0) is 4.79 Å². The van der Waals surface area contributed by atoms with Crippen molar-refractivity contribution >= 4 is 5.91 Å². The van der Waals surface area contributed by atoms with E-state index in [0.29, 0.717) is 0 Å². The maximum atomic E-state index is 11.9. The number of carbonyl (C=O) groups is 1. The summed E-state index contributed by atoms with van der Waals surface area (Å²) in [6, 6.07) is 0.960. The molecule has 1 saturated heterocycles. The van der Waals surface area contributed by atoms with Gasteiger partial charge >= 0.3 is 0 Å². The van der Waals surface area contributed by atoms with E-state index in [2.05, 4.69) is 17.1 Å². The fourth-order valence-electron chi connectivity index (χ4n) is 3.38. The fraction of sp³-hybridized carbons (Fsp3) is 0.933. The lowest BCUT2D eigenvalue weighted by molar-refractivity contribution is -0.124. The molecular weight excluding hydrogens is 238 g/mol. The highest BCUT2D eigenvalue weighted by molar-refractivity contribution is 5.78. The Labute approximate surface area is 117 Å². The molecule has 1 saturated carbocycles. The van der Waals surface area contributed by atoms with E-state index in [1.807, 2.05) is 0 Å². The summed E-state index contributed by atoms with van der Waals surface area (Å²) in [5.41, 5.74) is 5.84. The van der Waals surface area contributed by atoms with E-state index in [9.17, 15) is 4.79 Å². The molecule has 4 nitrogen and oxygen atoms in total. The number of hydrogen-bond acceptors (Lipinski definition) is 3. The van der Waals surface area contributed by atoms with Gasteiger partial charge in [-0.25, -0.2) is 0 Å². The van der Waals surface area contributed by atoms with Gasteiger partial charge in [0.15, 0.2) is 0 Å². The van der Waals surface area contributed by atoms with Crippen LogP contribution in [0.1, 0.15) is 51.9 Å². The SMILES string of the molecule is CC1CCCCN1CCCNC(=O)C1CCC(N)C1. The van der Waals surface area contributed by atoms with E-state index >= 15 is 0 Å². The molecule has 3 atom stereocenters. The van der Waals surface area contributed by atoms with Crippen LogP contribution >= 0.6 is 0 Å². The summed E-state index contributed by atoms with van der Waals surface area (Å²) in [6.07, 6.45) is 7.93. The lowest BCUT2D eigenvalue weighted by atomic mass is 10.0. The smallest absolute Gasteiger partial charge is 0.223 e. The van der Waals surface area contributed by atoms with E-state index in [4.69, 9.17) is 5.73 Å². The lowest BCUT2D eigenvalue weighted by Gasteiger charge is -2.33. The maximum Gasteiger partial charge on any atom is 0.223 e. The third kappa shape index (κ3) is 4.46. The summed E-state index contributed by atoms with van der Waals surface area (Å²) in [4.78, 5) is 14.5. The van der Waals surface area contributed by atoms with Crippen LogP contribution < -0.4 is 11.1 Å². The van der Waals surface area contributed by atoms with Crippen molar-refractivity contribution in [1.29, 1.82) is 0 Å². The minimum atomic E-state index is 0.170. The second-order valence-electron chi connectivity index (χ2n) is 6.30. The quantitative estimate of drug-likeness (QED) is 0.742. The van der Waals surface area contributed by atoms with Crippen LogP contribution in [0.4, 0.5) is 0 Å². The second kappa shape index (κ2) is 7.25. The van der Waals surface area contributed by atoms with Gasteiger partial charge in [0.2, 0.25) is 5.91 Å². The van der Waals surface area contributed by atoms with Crippen LogP contribution in [0.5, 0.6) is 0 Å². The summed E-state index contributed by atoms with van der Waals surface area (Å²) in [6.45, 7) is 5.48. The normalized spacial score (nSPS) is 32.4. The van der Waals surface area contributed by atoms with Crippen LogP contribution in [0.15, 0.2) is 0 Å². The van der Waals surface area contributed by atoms with E-state index in [-0.39, 0.29) is 17.9 Å². The van der Waals surface area contributed by atoms with Crippen LogP contribution in [0, 0.1) is 5.92 Å². The third-order valence-corrected chi connectivity index (χ3v) is 4.71. The molecule has 0 spiro atoms. The van der Waals surface area contributed by atoms with Gasteiger partial charge in [0.1, 0.15) is 0 Å². The Bertz CT molecular complexity index is 295. The Morgan fingerprint density at radius 2 is 2.16 bits per heavy atom. The number of nitrogens with zero attached hydrogens (tertiary/aromatic N) is 1. The number of rotatable bonds is 5. The molecule has 0 aromatic heterocycles. The average molecular weight is 267 g/mol. The largest absolute Gasteiger partial charge is 0.356 e.